The van der Waals surface area contributed by atoms with Gasteiger partial charge in [0.05, 0.1) is 38.0 Å². The Balaban J connectivity index is 1.72. The monoisotopic (exact) mass is 556 g/mol. The number of benzene rings is 2. The summed E-state index contributed by atoms with van der Waals surface area (Å²) in [5, 5.41) is 11.8. The van der Waals surface area contributed by atoms with Gasteiger partial charge in [-0.1, -0.05) is 37.4 Å². The number of hydrogen-bond acceptors (Lipinski definition) is 7. The first-order chi connectivity index (χ1) is 18.9. The number of nitrogens with zero attached hydrogens (tertiary/aromatic N) is 2. The van der Waals surface area contributed by atoms with Crippen LogP contribution in [0.2, 0.25) is 5.02 Å². The molecule has 0 spiro atoms. The number of halogens is 1. The van der Waals surface area contributed by atoms with Crippen molar-refractivity contribution >= 4 is 29.1 Å². The fourth-order valence-electron chi connectivity index (χ4n) is 4.91. The normalized spacial score (nSPS) is 19.5. The largest absolute Gasteiger partial charge is 0.507 e. The Morgan fingerprint density at radius 1 is 1.00 bits per heavy atom. The second-order valence-corrected chi connectivity index (χ2v) is 10.1. The topological polar surface area (TPSA) is 88.5 Å². The van der Waals surface area contributed by atoms with E-state index in [1.807, 2.05) is 25.1 Å². The molecule has 210 valence electrons. The van der Waals surface area contributed by atoms with Crippen molar-refractivity contribution in [1.82, 2.24) is 9.80 Å². The average molecular weight is 557 g/mol. The number of rotatable bonds is 12. The Morgan fingerprint density at radius 3 is 2.44 bits per heavy atom. The fraction of sp³-hybridized carbons (Fsp3) is 0.467. The summed E-state index contributed by atoms with van der Waals surface area (Å²) in [4.78, 5) is 30.5. The van der Waals surface area contributed by atoms with Crippen molar-refractivity contribution in [3.8, 4) is 11.5 Å². The van der Waals surface area contributed by atoms with Gasteiger partial charge in [-0.2, -0.15) is 0 Å². The number of amides is 1. The van der Waals surface area contributed by atoms with Crippen molar-refractivity contribution in [3.63, 3.8) is 0 Å². The summed E-state index contributed by atoms with van der Waals surface area (Å²) in [6, 6.07) is 11.2. The van der Waals surface area contributed by atoms with Crippen molar-refractivity contribution in [2.75, 3.05) is 52.6 Å². The molecule has 1 N–H and O–H groups in total. The van der Waals surface area contributed by atoms with Crippen LogP contribution in [0.5, 0.6) is 11.5 Å². The van der Waals surface area contributed by atoms with Crippen LogP contribution in [-0.4, -0.2) is 79.2 Å². The quantitative estimate of drug-likeness (QED) is 0.169. The van der Waals surface area contributed by atoms with Crippen molar-refractivity contribution in [2.45, 2.75) is 39.2 Å². The molecule has 1 unspecified atom stereocenters. The van der Waals surface area contributed by atoms with Gasteiger partial charge in [-0.05, 0) is 55.3 Å². The van der Waals surface area contributed by atoms with Gasteiger partial charge in [0.1, 0.15) is 5.76 Å². The van der Waals surface area contributed by atoms with Gasteiger partial charge in [-0.25, -0.2) is 0 Å². The lowest BCUT2D eigenvalue weighted by Gasteiger charge is -2.31. The molecular formula is C30H37ClN2O6. The van der Waals surface area contributed by atoms with Crippen LogP contribution in [0.1, 0.15) is 50.3 Å². The van der Waals surface area contributed by atoms with Crippen LogP contribution >= 0.6 is 11.6 Å². The molecule has 1 amide bonds. The molecule has 39 heavy (non-hydrogen) atoms. The van der Waals surface area contributed by atoms with Crippen LogP contribution in [0, 0.1) is 0 Å². The van der Waals surface area contributed by atoms with Gasteiger partial charge in [-0.3, -0.25) is 14.5 Å². The van der Waals surface area contributed by atoms with E-state index in [1.54, 1.807) is 29.2 Å². The predicted octanol–water partition coefficient (Wildman–Crippen LogP) is 5.06. The number of carbonyl (C=O) groups is 2. The van der Waals surface area contributed by atoms with Crippen LogP contribution in [0.4, 0.5) is 0 Å². The van der Waals surface area contributed by atoms with Gasteiger partial charge in [0.2, 0.25) is 0 Å². The number of aliphatic hydroxyl groups is 1. The van der Waals surface area contributed by atoms with E-state index in [-0.39, 0.29) is 11.3 Å². The maximum Gasteiger partial charge on any atom is 0.295 e. The summed E-state index contributed by atoms with van der Waals surface area (Å²) in [6.07, 6.45) is 3.11. The molecule has 2 aromatic rings. The molecule has 0 radical (unpaired) electrons. The first-order valence-electron chi connectivity index (χ1n) is 13.7. The number of likely N-dealkylation sites (tertiary alicyclic amines) is 1. The fourth-order valence-corrected chi connectivity index (χ4v) is 5.04. The van der Waals surface area contributed by atoms with E-state index in [4.69, 9.17) is 25.8 Å². The molecule has 2 aliphatic rings. The molecule has 8 nitrogen and oxygen atoms in total. The summed E-state index contributed by atoms with van der Waals surface area (Å²) in [5.74, 6) is -0.438. The van der Waals surface area contributed by atoms with Crippen LogP contribution in [0.3, 0.4) is 0 Å². The number of ketones is 1. The number of unbranched alkanes of at least 4 members (excludes halogenated alkanes) is 2. The van der Waals surface area contributed by atoms with E-state index in [0.29, 0.717) is 67.2 Å². The Hall–Kier alpha value is -3.07. The number of carbonyl (C=O) groups excluding carboxylic acids is 2. The first-order valence-corrected chi connectivity index (χ1v) is 14.1. The van der Waals surface area contributed by atoms with E-state index >= 15 is 0 Å². The molecule has 2 aliphatic heterocycles. The van der Waals surface area contributed by atoms with Crippen LogP contribution in [0.15, 0.2) is 48.0 Å². The Morgan fingerprint density at radius 2 is 1.74 bits per heavy atom. The van der Waals surface area contributed by atoms with E-state index in [1.165, 1.54) is 0 Å². The third-order valence-corrected chi connectivity index (χ3v) is 7.26. The molecule has 2 fully saturated rings. The molecule has 1 atom stereocenters. The van der Waals surface area contributed by atoms with Crippen LogP contribution in [0.25, 0.3) is 5.76 Å². The minimum Gasteiger partial charge on any atom is -0.507 e. The summed E-state index contributed by atoms with van der Waals surface area (Å²) < 4.78 is 17.3. The minimum atomic E-state index is -0.782. The van der Waals surface area contributed by atoms with Crippen LogP contribution < -0.4 is 9.47 Å². The van der Waals surface area contributed by atoms with Gasteiger partial charge in [-0.15, -0.1) is 0 Å². The minimum absolute atomic E-state index is 0.0448. The number of hydrogen-bond donors (Lipinski definition) is 1. The summed E-state index contributed by atoms with van der Waals surface area (Å²) >= 11 is 6.04. The van der Waals surface area contributed by atoms with Crippen LogP contribution in [-0.2, 0) is 14.3 Å². The zero-order valence-corrected chi connectivity index (χ0v) is 23.4. The second kappa shape index (κ2) is 13.8. The van der Waals surface area contributed by atoms with Gasteiger partial charge in [0.25, 0.3) is 11.7 Å². The lowest BCUT2D eigenvalue weighted by molar-refractivity contribution is -0.140. The Bertz CT molecular complexity index is 1180. The number of Topliss-reactive ketones (excluding diaryl/α,β-unsaturated/α-hetero) is 1. The molecule has 0 aromatic heterocycles. The predicted molar refractivity (Wildman–Crippen MR) is 150 cm³/mol. The highest BCUT2D eigenvalue weighted by Crippen LogP contribution is 2.42. The molecule has 9 heteroatoms. The molecule has 2 aromatic carbocycles. The van der Waals surface area contributed by atoms with E-state index in [2.05, 4.69) is 11.8 Å². The van der Waals surface area contributed by atoms with Crippen molar-refractivity contribution in [2.24, 2.45) is 0 Å². The van der Waals surface area contributed by atoms with E-state index in [9.17, 15) is 14.7 Å². The standard InChI is InChI=1S/C30H37ClN2O6/c1-3-5-6-17-39-24-12-9-22(20-25(24)38-4-2)27-26(28(34)21-7-10-23(31)11-8-21)29(35)30(36)33(27)14-13-32-15-18-37-19-16-32/h7-12,20,27,34H,3-6,13-19H2,1-2H3. The Labute approximate surface area is 235 Å². The second-order valence-electron chi connectivity index (χ2n) is 9.65. The third kappa shape index (κ3) is 6.93. The number of ether oxygens (including phenoxy) is 3. The van der Waals surface area contributed by atoms with Gasteiger partial charge in [0.15, 0.2) is 11.5 Å². The summed E-state index contributed by atoms with van der Waals surface area (Å²) in [7, 11) is 0. The maximum atomic E-state index is 13.4. The Kier molecular flexibility index (Phi) is 10.3. The zero-order valence-electron chi connectivity index (χ0n) is 22.7. The lowest BCUT2D eigenvalue weighted by Crippen LogP contribution is -2.42. The average Bonchev–Trinajstić information content (AvgIpc) is 3.20. The lowest BCUT2D eigenvalue weighted by atomic mass is 9.95. The molecule has 2 heterocycles. The highest BCUT2D eigenvalue weighted by molar-refractivity contribution is 6.46. The van der Waals surface area contributed by atoms with E-state index in [0.717, 1.165) is 32.4 Å². The molecule has 0 bridgehead atoms. The van der Waals surface area contributed by atoms with Crippen molar-refractivity contribution < 1.29 is 28.9 Å². The summed E-state index contributed by atoms with van der Waals surface area (Å²) in [5.41, 5.74) is 1.12. The van der Waals surface area contributed by atoms with Crippen molar-refractivity contribution in [3.05, 3.63) is 64.2 Å². The molecule has 4 rings (SSSR count). The van der Waals surface area contributed by atoms with Gasteiger partial charge < -0.3 is 24.2 Å². The molecular weight excluding hydrogens is 520 g/mol. The zero-order chi connectivity index (χ0) is 27.8. The maximum absolute atomic E-state index is 13.4. The molecule has 0 saturated carbocycles. The van der Waals surface area contributed by atoms with Crippen molar-refractivity contribution in [1.29, 1.82) is 0 Å². The van der Waals surface area contributed by atoms with Gasteiger partial charge in [0, 0.05) is 36.8 Å². The third-order valence-electron chi connectivity index (χ3n) is 7.01. The number of morpholine rings is 1. The van der Waals surface area contributed by atoms with E-state index < -0.39 is 17.7 Å². The SMILES string of the molecule is CCCCCOc1ccc(C2C(=C(O)c3ccc(Cl)cc3)C(=O)C(=O)N2CCN2CCOCC2)cc1OCC. The summed E-state index contributed by atoms with van der Waals surface area (Å²) in [6.45, 7) is 8.74. The number of aliphatic hydroxyl groups excluding tert-OH is 1. The molecule has 0 aliphatic carbocycles. The smallest absolute Gasteiger partial charge is 0.295 e. The molecule has 2 saturated heterocycles. The first kappa shape index (κ1) is 28.9. The highest BCUT2D eigenvalue weighted by atomic mass is 35.5. The highest BCUT2D eigenvalue weighted by Gasteiger charge is 2.46. The van der Waals surface area contributed by atoms with Gasteiger partial charge >= 0.3 is 0 Å².